The molecule has 2 atom stereocenters. The van der Waals surface area contributed by atoms with Crippen LogP contribution in [0.4, 0.5) is 0 Å². The predicted octanol–water partition coefficient (Wildman–Crippen LogP) is 3.63. The number of aliphatic hydroxyl groups is 1. The molecule has 1 fully saturated rings. The lowest BCUT2D eigenvalue weighted by molar-refractivity contribution is -0.0109. The van der Waals surface area contributed by atoms with Gasteiger partial charge in [0.15, 0.2) is 0 Å². The molecule has 0 radical (unpaired) electrons. The van der Waals surface area contributed by atoms with Crippen LogP contribution in [-0.2, 0) is 0 Å². The SMILES string of the molecule is CC1CCCC(O)(CNC(=O)c2cc3sccc3s2)C1. The summed E-state index contributed by atoms with van der Waals surface area (Å²) in [6.07, 6.45) is 3.80. The van der Waals surface area contributed by atoms with E-state index in [0.29, 0.717) is 12.5 Å². The van der Waals surface area contributed by atoms with Gasteiger partial charge in [-0.25, -0.2) is 0 Å². The molecule has 3 nitrogen and oxygen atoms in total. The van der Waals surface area contributed by atoms with Crippen molar-refractivity contribution in [3.8, 4) is 0 Å². The van der Waals surface area contributed by atoms with Gasteiger partial charge in [-0.05, 0) is 36.3 Å². The van der Waals surface area contributed by atoms with E-state index in [1.165, 1.54) is 17.8 Å². The van der Waals surface area contributed by atoms with E-state index in [-0.39, 0.29) is 5.91 Å². The predicted molar refractivity (Wildman–Crippen MR) is 84.6 cm³/mol. The summed E-state index contributed by atoms with van der Waals surface area (Å²) >= 11 is 3.17. The number of carbonyl (C=O) groups excluding carboxylic acids is 1. The quantitative estimate of drug-likeness (QED) is 0.909. The average Bonchev–Trinajstić information content (AvgIpc) is 2.96. The van der Waals surface area contributed by atoms with Crippen LogP contribution >= 0.6 is 22.7 Å². The topological polar surface area (TPSA) is 49.3 Å². The Labute approximate surface area is 126 Å². The van der Waals surface area contributed by atoms with Gasteiger partial charge in [0.25, 0.3) is 5.91 Å². The number of hydrogen-bond acceptors (Lipinski definition) is 4. The van der Waals surface area contributed by atoms with Crippen LogP contribution < -0.4 is 5.32 Å². The number of thiophene rings is 2. The lowest BCUT2D eigenvalue weighted by atomic mass is 9.79. The molecule has 1 aliphatic carbocycles. The van der Waals surface area contributed by atoms with E-state index in [0.717, 1.165) is 33.5 Å². The highest BCUT2D eigenvalue weighted by Gasteiger charge is 2.33. The molecule has 2 unspecified atom stereocenters. The van der Waals surface area contributed by atoms with Gasteiger partial charge in [0.05, 0.1) is 10.5 Å². The van der Waals surface area contributed by atoms with Crippen molar-refractivity contribution in [2.45, 2.75) is 38.2 Å². The van der Waals surface area contributed by atoms with Gasteiger partial charge in [0, 0.05) is 15.9 Å². The molecule has 1 amide bonds. The van der Waals surface area contributed by atoms with Crippen molar-refractivity contribution in [3.63, 3.8) is 0 Å². The Morgan fingerprint density at radius 1 is 1.55 bits per heavy atom. The van der Waals surface area contributed by atoms with Crippen LogP contribution in [-0.4, -0.2) is 23.2 Å². The Balaban J connectivity index is 1.63. The first-order valence-electron chi connectivity index (χ1n) is 7.03. The summed E-state index contributed by atoms with van der Waals surface area (Å²) in [6.45, 7) is 2.53. The highest BCUT2D eigenvalue weighted by molar-refractivity contribution is 7.27. The van der Waals surface area contributed by atoms with Crippen molar-refractivity contribution < 1.29 is 9.90 Å². The molecule has 1 aliphatic rings. The fourth-order valence-corrected chi connectivity index (χ4v) is 5.03. The van der Waals surface area contributed by atoms with Crippen molar-refractivity contribution >= 4 is 38.0 Å². The molecular weight excluding hydrogens is 290 g/mol. The third kappa shape index (κ3) is 2.90. The van der Waals surface area contributed by atoms with Crippen molar-refractivity contribution in [3.05, 3.63) is 22.4 Å². The summed E-state index contributed by atoms with van der Waals surface area (Å²) in [7, 11) is 0. The minimum atomic E-state index is -0.720. The third-order valence-electron chi connectivity index (χ3n) is 4.01. The minimum absolute atomic E-state index is 0.0648. The number of rotatable bonds is 3. The van der Waals surface area contributed by atoms with Gasteiger partial charge in [-0.3, -0.25) is 4.79 Å². The van der Waals surface area contributed by atoms with E-state index in [4.69, 9.17) is 0 Å². The highest BCUT2D eigenvalue weighted by atomic mass is 32.1. The van der Waals surface area contributed by atoms with E-state index in [1.54, 1.807) is 11.3 Å². The second-order valence-corrected chi connectivity index (χ2v) is 7.90. The van der Waals surface area contributed by atoms with Crippen molar-refractivity contribution in [1.82, 2.24) is 5.32 Å². The molecule has 5 heteroatoms. The Morgan fingerprint density at radius 3 is 3.15 bits per heavy atom. The molecule has 2 N–H and O–H groups in total. The number of carbonyl (C=O) groups is 1. The lowest BCUT2D eigenvalue weighted by Crippen LogP contribution is -2.45. The van der Waals surface area contributed by atoms with Gasteiger partial charge in [-0.2, -0.15) is 0 Å². The maximum Gasteiger partial charge on any atom is 0.261 e. The standard InChI is InChI=1S/C15H19NO2S2/c1-10-3-2-5-15(18,8-10)9-16-14(17)13-7-12-11(20-13)4-6-19-12/h4,6-7,10,18H,2-3,5,8-9H2,1H3,(H,16,17). The summed E-state index contributed by atoms with van der Waals surface area (Å²) in [5, 5.41) is 15.5. The zero-order chi connectivity index (χ0) is 14.2. The van der Waals surface area contributed by atoms with Crippen LogP contribution in [0.2, 0.25) is 0 Å². The molecular formula is C15H19NO2S2. The van der Waals surface area contributed by atoms with Gasteiger partial charge in [-0.1, -0.05) is 19.8 Å². The van der Waals surface area contributed by atoms with E-state index in [9.17, 15) is 9.90 Å². The smallest absolute Gasteiger partial charge is 0.261 e. The zero-order valence-electron chi connectivity index (χ0n) is 11.5. The molecule has 1 saturated carbocycles. The van der Waals surface area contributed by atoms with Crippen LogP contribution in [0, 0.1) is 5.92 Å². The number of hydrogen-bond donors (Lipinski definition) is 2. The molecule has 3 rings (SSSR count). The monoisotopic (exact) mass is 309 g/mol. The van der Waals surface area contributed by atoms with Crippen LogP contribution in [0.25, 0.3) is 9.40 Å². The van der Waals surface area contributed by atoms with E-state index in [2.05, 4.69) is 12.2 Å². The minimum Gasteiger partial charge on any atom is -0.388 e. The summed E-state index contributed by atoms with van der Waals surface area (Å²) in [4.78, 5) is 12.9. The highest BCUT2D eigenvalue weighted by Crippen LogP contribution is 2.32. The number of fused-ring (bicyclic) bond motifs is 1. The summed E-state index contributed by atoms with van der Waals surface area (Å²) in [5.74, 6) is 0.475. The fourth-order valence-electron chi connectivity index (χ4n) is 3.00. The Morgan fingerprint density at radius 2 is 2.40 bits per heavy atom. The molecule has 0 aromatic carbocycles. The van der Waals surface area contributed by atoms with Crippen molar-refractivity contribution in [2.24, 2.45) is 5.92 Å². The lowest BCUT2D eigenvalue weighted by Gasteiger charge is -2.35. The fraction of sp³-hybridized carbons (Fsp3) is 0.533. The maximum absolute atomic E-state index is 12.2. The maximum atomic E-state index is 12.2. The van der Waals surface area contributed by atoms with Gasteiger partial charge >= 0.3 is 0 Å². The molecule has 0 spiro atoms. The molecule has 20 heavy (non-hydrogen) atoms. The second kappa shape index (κ2) is 5.47. The Kier molecular flexibility index (Phi) is 3.84. The molecule has 2 heterocycles. The Hall–Kier alpha value is -0.910. The molecule has 0 aliphatic heterocycles. The number of nitrogens with one attached hydrogen (secondary N) is 1. The van der Waals surface area contributed by atoms with Crippen molar-refractivity contribution in [2.75, 3.05) is 6.54 Å². The van der Waals surface area contributed by atoms with Crippen LogP contribution in [0.5, 0.6) is 0 Å². The van der Waals surface area contributed by atoms with E-state index in [1.807, 2.05) is 17.5 Å². The summed E-state index contributed by atoms with van der Waals surface area (Å²) in [5.41, 5.74) is -0.720. The molecule has 2 aromatic heterocycles. The molecule has 0 saturated heterocycles. The average molecular weight is 309 g/mol. The van der Waals surface area contributed by atoms with Gasteiger partial charge in [-0.15, -0.1) is 22.7 Å². The largest absolute Gasteiger partial charge is 0.388 e. The van der Waals surface area contributed by atoms with Crippen LogP contribution in [0.3, 0.4) is 0 Å². The van der Waals surface area contributed by atoms with Gasteiger partial charge < -0.3 is 10.4 Å². The van der Waals surface area contributed by atoms with Gasteiger partial charge in [0.1, 0.15) is 0 Å². The Bertz CT molecular complexity index is 590. The molecule has 108 valence electrons. The second-order valence-electron chi connectivity index (χ2n) is 5.87. The summed E-state index contributed by atoms with van der Waals surface area (Å²) in [6, 6.07) is 3.98. The normalized spacial score (nSPS) is 26.8. The van der Waals surface area contributed by atoms with E-state index < -0.39 is 5.60 Å². The first-order chi connectivity index (χ1) is 9.56. The molecule has 0 bridgehead atoms. The molecule has 2 aromatic rings. The van der Waals surface area contributed by atoms with Crippen molar-refractivity contribution in [1.29, 1.82) is 0 Å². The summed E-state index contributed by atoms with van der Waals surface area (Å²) < 4.78 is 2.32. The zero-order valence-corrected chi connectivity index (χ0v) is 13.1. The third-order valence-corrected chi connectivity index (χ3v) is 6.10. The number of amides is 1. The van der Waals surface area contributed by atoms with Crippen LogP contribution in [0.15, 0.2) is 17.5 Å². The van der Waals surface area contributed by atoms with Crippen LogP contribution in [0.1, 0.15) is 42.3 Å². The van der Waals surface area contributed by atoms with E-state index >= 15 is 0 Å². The first kappa shape index (κ1) is 14.0. The first-order valence-corrected chi connectivity index (χ1v) is 8.73. The van der Waals surface area contributed by atoms with Gasteiger partial charge in [0.2, 0.25) is 0 Å².